The summed E-state index contributed by atoms with van der Waals surface area (Å²) in [7, 11) is 1.57. The van der Waals surface area contributed by atoms with Crippen molar-refractivity contribution in [3.8, 4) is 5.75 Å². The molecule has 0 radical (unpaired) electrons. The Balaban J connectivity index is 2.58. The van der Waals surface area contributed by atoms with E-state index in [0.29, 0.717) is 16.5 Å². The van der Waals surface area contributed by atoms with Crippen molar-refractivity contribution in [1.29, 1.82) is 0 Å². The molecule has 1 rings (SSSR count). The van der Waals surface area contributed by atoms with Gasteiger partial charge in [-0.25, -0.2) is 0 Å². The number of carboxylic acids is 1. The van der Waals surface area contributed by atoms with Crippen LogP contribution in [-0.4, -0.2) is 23.9 Å². The number of hydrogen-bond donors (Lipinski definition) is 1. The first-order valence-corrected chi connectivity index (χ1v) is 5.68. The molecule has 0 aliphatic rings. The molecule has 0 amide bonds. The minimum atomic E-state index is -0.799. The van der Waals surface area contributed by atoms with Crippen molar-refractivity contribution in [1.82, 2.24) is 0 Å². The van der Waals surface area contributed by atoms with Crippen LogP contribution in [0.25, 0.3) is 0 Å². The Bertz CT molecular complexity index is 355. The van der Waals surface area contributed by atoms with E-state index in [1.165, 1.54) is 11.8 Å². The van der Waals surface area contributed by atoms with Crippen LogP contribution in [0.5, 0.6) is 5.75 Å². The smallest absolute Gasteiger partial charge is 0.304 e. The summed E-state index contributed by atoms with van der Waals surface area (Å²) < 4.78 is 5.00. The van der Waals surface area contributed by atoms with Gasteiger partial charge >= 0.3 is 5.97 Å². The lowest BCUT2D eigenvalue weighted by molar-refractivity contribution is -0.136. The quantitative estimate of drug-likeness (QED) is 0.812. The zero-order chi connectivity index (χ0) is 11.3. The average molecular weight is 247 g/mol. The monoisotopic (exact) mass is 246 g/mol. The molecule has 1 aromatic rings. The Kier molecular flexibility index (Phi) is 4.78. The Morgan fingerprint density at radius 3 is 2.87 bits per heavy atom. The van der Waals surface area contributed by atoms with Crippen molar-refractivity contribution in [3.63, 3.8) is 0 Å². The fourth-order valence-corrected chi connectivity index (χ4v) is 2.17. The standard InChI is InChI=1S/C10H11ClO3S/c1-14-7-2-3-9(8(11)6-7)15-5-4-10(12)13/h2-3,6H,4-5H2,1H3,(H,12,13). The van der Waals surface area contributed by atoms with Crippen LogP contribution in [0.2, 0.25) is 5.02 Å². The van der Waals surface area contributed by atoms with Crippen LogP contribution in [0.1, 0.15) is 6.42 Å². The van der Waals surface area contributed by atoms with Gasteiger partial charge in [0.1, 0.15) is 5.75 Å². The van der Waals surface area contributed by atoms with Crippen LogP contribution in [0.3, 0.4) is 0 Å². The summed E-state index contributed by atoms with van der Waals surface area (Å²) in [6.07, 6.45) is 0.132. The Hall–Kier alpha value is -0.870. The normalized spacial score (nSPS) is 10.0. The molecule has 0 fully saturated rings. The van der Waals surface area contributed by atoms with Crippen molar-refractivity contribution < 1.29 is 14.6 Å². The summed E-state index contributed by atoms with van der Waals surface area (Å²) in [5.41, 5.74) is 0. The van der Waals surface area contributed by atoms with Crippen LogP contribution in [0.15, 0.2) is 23.1 Å². The number of aliphatic carboxylic acids is 1. The molecule has 0 bridgehead atoms. The van der Waals surface area contributed by atoms with E-state index >= 15 is 0 Å². The summed E-state index contributed by atoms with van der Waals surface area (Å²) in [5, 5.41) is 9.06. The Morgan fingerprint density at radius 2 is 2.33 bits per heavy atom. The largest absolute Gasteiger partial charge is 0.497 e. The third kappa shape index (κ3) is 4.01. The molecule has 0 atom stereocenters. The van der Waals surface area contributed by atoms with Crippen molar-refractivity contribution in [2.75, 3.05) is 12.9 Å². The van der Waals surface area contributed by atoms with Gasteiger partial charge in [-0.1, -0.05) is 11.6 Å². The van der Waals surface area contributed by atoms with Gasteiger partial charge in [0, 0.05) is 10.6 Å². The number of thioether (sulfide) groups is 1. The Morgan fingerprint density at radius 1 is 1.60 bits per heavy atom. The molecule has 0 spiro atoms. The molecule has 0 aromatic heterocycles. The minimum Gasteiger partial charge on any atom is -0.497 e. The first-order chi connectivity index (χ1) is 7.13. The van der Waals surface area contributed by atoms with Gasteiger partial charge in [0.15, 0.2) is 0 Å². The molecule has 0 aliphatic heterocycles. The summed E-state index contributed by atoms with van der Waals surface area (Å²) in [4.78, 5) is 11.2. The predicted octanol–water partition coefficient (Wildman–Crippen LogP) is 2.92. The first-order valence-electron chi connectivity index (χ1n) is 4.31. The van der Waals surface area contributed by atoms with Gasteiger partial charge in [-0.05, 0) is 18.2 Å². The van der Waals surface area contributed by atoms with E-state index in [1.54, 1.807) is 19.2 Å². The highest BCUT2D eigenvalue weighted by Crippen LogP contribution is 2.30. The van der Waals surface area contributed by atoms with Gasteiger partial charge in [0.05, 0.1) is 18.6 Å². The molecular weight excluding hydrogens is 236 g/mol. The molecule has 0 saturated carbocycles. The number of ether oxygens (including phenoxy) is 1. The second kappa shape index (κ2) is 5.88. The fourth-order valence-electron chi connectivity index (χ4n) is 0.974. The number of carboxylic acid groups (broad SMARTS) is 1. The molecule has 1 aromatic carbocycles. The SMILES string of the molecule is COc1ccc(SCCC(=O)O)c(Cl)c1. The summed E-state index contributed by atoms with van der Waals surface area (Å²) >= 11 is 7.40. The zero-order valence-electron chi connectivity index (χ0n) is 8.20. The first kappa shape index (κ1) is 12.2. The maximum absolute atomic E-state index is 10.3. The van der Waals surface area contributed by atoms with E-state index in [4.69, 9.17) is 21.4 Å². The highest BCUT2D eigenvalue weighted by Gasteiger charge is 2.04. The van der Waals surface area contributed by atoms with E-state index < -0.39 is 5.97 Å². The fraction of sp³-hybridized carbons (Fsp3) is 0.300. The summed E-state index contributed by atoms with van der Waals surface area (Å²) in [6, 6.07) is 5.34. The van der Waals surface area contributed by atoms with Crippen molar-refractivity contribution >= 4 is 29.3 Å². The van der Waals surface area contributed by atoms with Gasteiger partial charge < -0.3 is 9.84 Å². The molecule has 0 aliphatic carbocycles. The van der Waals surface area contributed by atoms with E-state index in [-0.39, 0.29) is 6.42 Å². The molecule has 0 saturated heterocycles. The van der Waals surface area contributed by atoms with Gasteiger partial charge in [0.25, 0.3) is 0 Å². The topological polar surface area (TPSA) is 46.5 Å². The number of methoxy groups -OCH3 is 1. The minimum absolute atomic E-state index is 0.132. The lowest BCUT2D eigenvalue weighted by Gasteiger charge is -2.05. The third-order valence-electron chi connectivity index (χ3n) is 1.71. The lowest BCUT2D eigenvalue weighted by Crippen LogP contribution is -1.95. The van der Waals surface area contributed by atoms with Gasteiger partial charge in [-0.3, -0.25) is 4.79 Å². The van der Waals surface area contributed by atoms with Crippen molar-refractivity contribution in [3.05, 3.63) is 23.2 Å². The zero-order valence-corrected chi connectivity index (χ0v) is 9.77. The number of halogens is 1. The van der Waals surface area contributed by atoms with Crippen molar-refractivity contribution in [2.24, 2.45) is 0 Å². The third-order valence-corrected chi connectivity index (χ3v) is 3.21. The van der Waals surface area contributed by atoms with Crippen LogP contribution in [-0.2, 0) is 4.79 Å². The van der Waals surface area contributed by atoms with E-state index in [2.05, 4.69) is 0 Å². The van der Waals surface area contributed by atoms with Gasteiger partial charge in [-0.2, -0.15) is 0 Å². The van der Waals surface area contributed by atoms with E-state index in [0.717, 1.165) is 4.90 Å². The van der Waals surface area contributed by atoms with Crippen LogP contribution in [0, 0.1) is 0 Å². The highest BCUT2D eigenvalue weighted by atomic mass is 35.5. The maximum atomic E-state index is 10.3. The van der Waals surface area contributed by atoms with E-state index in [9.17, 15) is 4.79 Å². The molecule has 3 nitrogen and oxygen atoms in total. The van der Waals surface area contributed by atoms with Crippen LogP contribution < -0.4 is 4.74 Å². The van der Waals surface area contributed by atoms with Crippen molar-refractivity contribution in [2.45, 2.75) is 11.3 Å². The molecular formula is C10H11ClO3S. The van der Waals surface area contributed by atoms with E-state index in [1.807, 2.05) is 6.07 Å². The molecule has 0 heterocycles. The average Bonchev–Trinajstić information content (AvgIpc) is 2.20. The highest BCUT2D eigenvalue weighted by molar-refractivity contribution is 7.99. The Labute approximate surface area is 97.4 Å². The van der Waals surface area contributed by atoms with Gasteiger partial charge in [-0.15, -0.1) is 11.8 Å². The predicted molar refractivity (Wildman–Crippen MR) is 61.0 cm³/mol. The molecule has 15 heavy (non-hydrogen) atoms. The second-order valence-corrected chi connectivity index (χ2v) is 4.33. The van der Waals surface area contributed by atoms with Gasteiger partial charge in [0.2, 0.25) is 0 Å². The molecule has 1 N–H and O–H groups in total. The molecule has 82 valence electrons. The second-order valence-electron chi connectivity index (χ2n) is 2.79. The summed E-state index contributed by atoms with van der Waals surface area (Å²) in [6.45, 7) is 0. The number of benzene rings is 1. The van der Waals surface area contributed by atoms with Crippen LogP contribution >= 0.6 is 23.4 Å². The number of rotatable bonds is 5. The maximum Gasteiger partial charge on any atom is 0.304 e. The number of hydrogen-bond acceptors (Lipinski definition) is 3. The summed E-state index contributed by atoms with van der Waals surface area (Å²) in [5.74, 6) is 0.413. The lowest BCUT2D eigenvalue weighted by atomic mass is 10.3. The van der Waals surface area contributed by atoms with Crippen LogP contribution in [0.4, 0.5) is 0 Å². The molecule has 5 heteroatoms. The number of carbonyl (C=O) groups is 1. The molecule has 0 unspecified atom stereocenters.